The van der Waals surface area contributed by atoms with Crippen LogP contribution in [-0.4, -0.2) is 32.0 Å². The van der Waals surface area contributed by atoms with E-state index in [0.29, 0.717) is 28.5 Å². The first kappa shape index (κ1) is 25.0. The van der Waals surface area contributed by atoms with Gasteiger partial charge in [0.25, 0.3) is 5.91 Å². The molecule has 0 spiro atoms. The van der Waals surface area contributed by atoms with E-state index in [9.17, 15) is 22.4 Å². The van der Waals surface area contributed by atoms with Gasteiger partial charge in [-0.05, 0) is 53.6 Å². The van der Waals surface area contributed by atoms with Gasteiger partial charge in [-0.3, -0.25) is 9.59 Å². The molecule has 0 radical (unpaired) electrons. The molecule has 1 heterocycles. The highest BCUT2D eigenvalue weighted by Gasteiger charge is 2.31. The fourth-order valence-corrected chi connectivity index (χ4v) is 5.61. The van der Waals surface area contributed by atoms with E-state index in [1.165, 1.54) is 12.1 Å². The fraction of sp³-hybridized carbons (Fsp3) is 0.167. The van der Waals surface area contributed by atoms with Crippen molar-refractivity contribution in [3.63, 3.8) is 0 Å². The Morgan fingerprint density at radius 3 is 2.46 bits per heavy atom. The van der Waals surface area contributed by atoms with Crippen molar-refractivity contribution >= 4 is 56.2 Å². The van der Waals surface area contributed by atoms with Gasteiger partial charge in [-0.15, -0.1) is 0 Å². The summed E-state index contributed by atoms with van der Waals surface area (Å²) in [5, 5.41) is 8.96. The molecule has 182 valence electrons. The summed E-state index contributed by atoms with van der Waals surface area (Å²) >= 11 is 11.8. The number of sulfone groups is 1. The van der Waals surface area contributed by atoms with Crippen LogP contribution in [0.4, 0.5) is 15.8 Å². The largest absolute Gasteiger partial charge is 0.371 e. The lowest BCUT2D eigenvalue weighted by atomic mass is 10.1. The van der Waals surface area contributed by atoms with Crippen LogP contribution in [0.3, 0.4) is 0 Å². The minimum Gasteiger partial charge on any atom is -0.371 e. The van der Waals surface area contributed by atoms with E-state index in [1.807, 2.05) is 0 Å². The molecule has 35 heavy (non-hydrogen) atoms. The summed E-state index contributed by atoms with van der Waals surface area (Å²) < 4.78 is 38.6. The molecule has 0 saturated heterocycles. The number of halogens is 3. The van der Waals surface area contributed by atoms with E-state index >= 15 is 0 Å². The van der Waals surface area contributed by atoms with Gasteiger partial charge in [0.2, 0.25) is 5.91 Å². The second-order valence-corrected chi connectivity index (χ2v) is 11.0. The van der Waals surface area contributed by atoms with E-state index in [4.69, 9.17) is 23.2 Å². The lowest BCUT2D eigenvalue weighted by Gasteiger charge is -2.27. The van der Waals surface area contributed by atoms with E-state index in [2.05, 4.69) is 16.0 Å². The Morgan fingerprint density at radius 1 is 1.00 bits per heavy atom. The lowest BCUT2D eigenvalue weighted by molar-refractivity contribution is -0.116. The third-order valence-electron chi connectivity index (χ3n) is 5.36. The monoisotopic (exact) mass is 535 g/mol. The Balaban J connectivity index is 1.41. The van der Waals surface area contributed by atoms with Gasteiger partial charge in [0.15, 0.2) is 9.84 Å². The first-order chi connectivity index (χ1) is 16.6. The maximum Gasteiger partial charge on any atom is 0.251 e. The quantitative estimate of drug-likeness (QED) is 0.415. The molecule has 7 nitrogen and oxygen atoms in total. The number of rotatable bonds is 7. The molecule has 3 aromatic rings. The number of anilines is 2. The molecule has 0 aromatic heterocycles. The normalized spacial score (nSPS) is 15.1. The van der Waals surface area contributed by atoms with Gasteiger partial charge in [0.1, 0.15) is 11.9 Å². The van der Waals surface area contributed by atoms with Crippen LogP contribution in [0.2, 0.25) is 10.0 Å². The van der Waals surface area contributed by atoms with Crippen LogP contribution in [0.25, 0.3) is 0 Å². The summed E-state index contributed by atoms with van der Waals surface area (Å²) in [6, 6.07) is 14.2. The van der Waals surface area contributed by atoms with Crippen molar-refractivity contribution in [2.24, 2.45) is 0 Å². The third-order valence-corrected chi connectivity index (χ3v) is 7.56. The van der Waals surface area contributed by atoms with Gasteiger partial charge in [0.05, 0.1) is 22.9 Å². The first-order valence-electron chi connectivity index (χ1n) is 10.5. The number of hydrogen-bond donors (Lipinski definition) is 3. The van der Waals surface area contributed by atoms with E-state index in [0.717, 1.165) is 17.7 Å². The summed E-state index contributed by atoms with van der Waals surface area (Å²) in [7, 11) is -3.77. The molecule has 0 unspecified atom stereocenters. The lowest BCUT2D eigenvalue weighted by Crippen LogP contribution is -2.43. The van der Waals surface area contributed by atoms with Crippen LogP contribution < -0.4 is 16.0 Å². The van der Waals surface area contributed by atoms with Gasteiger partial charge >= 0.3 is 0 Å². The van der Waals surface area contributed by atoms with Crippen molar-refractivity contribution in [2.75, 3.05) is 16.4 Å². The van der Waals surface area contributed by atoms with Gasteiger partial charge in [-0.2, -0.15) is 0 Å². The number of carbonyl (C=O) groups excluding carboxylic acids is 2. The second kappa shape index (κ2) is 10.2. The molecule has 1 aliphatic heterocycles. The molecule has 1 aliphatic rings. The molecule has 11 heteroatoms. The zero-order chi connectivity index (χ0) is 25.2. The van der Waals surface area contributed by atoms with Crippen LogP contribution in [0.1, 0.15) is 21.5 Å². The van der Waals surface area contributed by atoms with Crippen molar-refractivity contribution in [3.05, 3.63) is 93.2 Å². The number of benzene rings is 3. The summed E-state index contributed by atoms with van der Waals surface area (Å²) in [4.78, 5) is 25.1. The molecule has 1 atom stereocenters. The van der Waals surface area contributed by atoms with Gasteiger partial charge in [-0.25, -0.2) is 12.8 Å². The molecule has 3 N–H and O–H groups in total. The van der Waals surface area contributed by atoms with Crippen molar-refractivity contribution in [3.8, 4) is 0 Å². The van der Waals surface area contributed by atoms with Crippen molar-refractivity contribution in [2.45, 2.75) is 18.3 Å². The highest BCUT2D eigenvalue weighted by molar-refractivity contribution is 7.90. The van der Waals surface area contributed by atoms with Crippen molar-refractivity contribution < 1.29 is 22.4 Å². The molecule has 0 saturated carbocycles. The van der Waals surface area contributed by atoms with Crippen LogP contribution in [0, 0.1) is 5.82 Å². The van der Waals surface area contributed by atoms with Gasteiger partial charge < -0.3 is 16.0 Å². The minimum atomic E-state index is -3.77. The zero-order valence-corrected chi connectivity index (χ0v) is 20.5. The maximum atomic E-state index is 13.2. The third kappa shape index (κ3) is 6.30. The molecular formula is C24H20Cl2FN3O4S. The topological polar surface area (TPSA) is 104 Å². The minimum absolute atomic E-state index is 0.00171. The maximum absolute atomic E-state index is 13.2. The SMILES string of the molecule is O=C(NCc1ccc(Cl)cc1)c1ccc2c(c1)NC(=O)[C@@H](CS(=O)(=O)Cc1ccc(F)cc1Cl)N2. The average molecular weight is 536 g/mol. The Morgan fingerprint density at radius 2 is 1.74 bits per heavy atom. The summed E-state index contributed by atoms with van der Waals surface area (Å²) in [6.07, 6.45) is 0. The highest BCUT2D eigenvalue weighted by Crippen LogP contribution is 2.29. The average Bonchev–Trinajstić information content (AvgIpc) is 2.80. The smallest absolute Gasteiger partial charge is 0.251 e. The highest BCUT2D eigenvalue weighted by atomic mass is 35.5. The van der Waals surface area contributed by atoms with Crippen LogP contribution >= 0.6 is 23.2 Å². The van der Waals surface area contributed by atoms with E-state index < -0.39 is 39.1 Å². The van der Waals surface area contributed by atoms with Gasteiger partial charge in [-0.1, -0.05) is 41.4 Å². The van der Waals surface area contributed by atoms with Gasteiger partial charge in [0, 0.05) is 22.2 Å². The van der Waals surface area contributed by atoms with Crippen molar-refractivity contribution in [1.82, 2.24) is 5.32 Å². The number of carbonyl (C=O) groups is 2. The fourth-order valence-electron chi connectivity index (χ4n) is 3.58. The first-order valence-corrected chi connectivity index (χ1v) is 13.1. The molecule has 3 aromatic carbocycles. The second-order valence-electron chi connectivity index (χ2n) is 8.05. The number of nitrogens with one attached hydrogen (secondary N) is 3. The van der Waals surface area contributed by atoms with Crippen LogP contribution in [0.15, 0.2) is 60.7 Å². The number of fused-ring (bicyclic) bond motifs is 1. The van der Waals surface area contributed by atoms with Crippen LogP contribution in [0.5, 0.6) is 0 Å². The Bertz CT molecular complexity index is 1400. The molecule has 2 amide bonds. The Hall–Kier alpha value is -3.14. The predicted molar refractivity (Wildman–Crippen MR) is 134 cm³/mol. The summed E-state index contributed by atoms with van der Waals surface area (Å²) in [6.45, 7) is 0.301. The molecule has 0 bridgehead atoms. The molecule has 0 fully saturated rings. The van der Waals surface area contributed by atoms with E-state index in [1.54, 1.807) is 36.4 Å². The predicted octanol–water partition coefficient (Wildman–Crippen LogP) is 4.41. The number of amides is 2. The molecular weight excluding hydrogens is 516 g/mol. The number of hydrogen-bond acceptors (Lipinski definition) is 5. The Kier molecular flexibility index (Phi) is 7.30. The molecule has 0 aliphatic carbocycles. The van der Waals surface area contributed by atoms with Crippen molar-refractivity contribution in [1.29, 1.82) is 0 Å². The summed E-state index contributed by atoms with van der Waals surface area (Å²) in [5.74, 6) is -2.38. The Labute approximate surface area is 211 Å². The summed E-state index contributed by atoms with van der Waals surface area (Å²) in [5.41, 5.74) is 2.31. The van der Waals surface area contributed by atoms with Crippen LogP contribution in [-0.2, 0) is 26.9 Å². The zero-order valence-electron chi connectivity index (χ0n) is 18.1. The van der Waals surface area contributed by atoms with E-state index in [-0.39, 0.29) is 16.5 Å². The molecule has 4 rings (SSSR count). The standard InChI is InChI=1S/C24H20Cl2FN3O4S/c25-17-5-1-14(2-6-17)11-28-23(31)15-4-8-20-21(9-15)30-24(32)22(29-20)13-35(33,34)12-16-3-7-18(27)10-19(16)26/h1-10,22,29H,11-13H2,(H,28,31)(H,30,32)/t22-/m1/s1.